The molecule has 0 bridgehead atoms. The van der Waals surface area contributed by atoms with Gasteiger partial charge in [-0.25, -0.2) is 0 Å². The number of hydrogen-bond acceptors (Lipinski definition) is 2. The highest BCUT2D eigenvalue weighted by Gasteiger charge is 2.33. The van der Waals surface area contributed by atoms with E-state index in [2.05, 4.69) is 38.1 Å². The SMILES string of the molecule is CCC(C)C(c1ccccc1)C(O)C1CCCOC1. The maximum atomic E-state index is 10.8. The van der Waals surface area contributed by atoms with Crippen LogP contribution in [0.15, 0.2) is 30.3 Å². The molecule has 4 atom stereocenters. The Bertz CT molecular complexity index is 357. The van der Waals surface area contributed by atoms with E-state index < -0.39 is 0 Å². The fourth-order valence-corrected chi connectivity index (χ4v) is 3.12. The maximum Gasteiger partial charge on any atom is 0.0661 e. The van der Waals surface area contributed by atoms with Crippen LogP contribution >= 0.6 is 0 Å². The van der Waals surface area contributed by atoms with Crippen molar-refractivity contribution in [2.24, 2.45) is 11.8 Å². The Hall–Kier alpha value is -0.860. The molecule has 1 fully saturated rings. The molecule has 0 aromatic heterocycles. The highest BCUT2D eigenvalue weighted by Crippen LogP contribution is 2.35. The van der Waals surface area contributed by atoms with Crippen molar-refractivity contribution in [3.63, 3.8) is 0 Å². The van der Waals surface area contributed by atoms with Crippen molar-refractivity contribution in [2.75, 3.05) is 13.2 Å². The summed E-state index contributed by atoms with van der Waals surface area (Å²) >= 11 is 0. The summed E-state index contributed by atoms with van der Waals surface area (Å²) in [5.41, 5.74) is 1.26. The van der Waals surface area contributed by atoms with Crippen LogP contribution in [0.1, 0.15) is 44.6 Å². The van der Waals surface area contributed by atoms with Crippen molar-refractivity contribution in [3.8, 4) is 0 Å². The molecule has 1 N–H and O–H groups in total. The second kappa shape index (κ2) is 7.06. The highest BCUT2D eigenvalue weighted by molar-refractivity contribution is 5.22. The number of aliphatic hydroxyl groups is 1. The van der Waals surface area contributed by atoms with Gasteiger partial charge in [-0.2, -0.15) is 0 Å². The molecule has 2 heteroatoms. The molecule has 4 unspecified atom stereocenters. The molecule has 1 aromatic carbocycles. The number of aliphatic hydroxyl groups excluding tert-OH is 1. The van der Waals surface area contributed by atoms with Crippen LogP contribution in [0.4, 0.5) is 0 Å². The molecular weight excluding hydrogens is 236 g/mol. The zero-order valence-electron chi connectivity index (χ0n) is 12.1. The summed E-state index contributed by atoms with van der Waals surface area (Å²) in [6.45, 7) is 6.00. The third kappa shape index (κ3) is 3.58. The molecule has 0 radical (unpaired) electrons. The Balaban J connectivity index is 2.17. The molecule has 19 heavy (non-hydrogen) atoms. The smallest absolute Gasteiger partial charge is 0.0661 e. The molecule has 0 spiro atoms. The molecule has 0 amide bonds. The Morgan fingerprint density at radius 3 is 2.63 bits per heavy atom. The Kier molecular flexibility index (Phi) is 5.41. The van der Waals surface area contributed by atoms with E-state index in [4.69, 9.17) is 4.74 Å². The minimum absolute atomic E-state index is 0.220. The third-order valence-corrected chi connectivity index (χ3v) is 4.49. The minimum Gasteiger partial charge on any atom is -0.392 e. The lowest BCUT2D eigenvalue weighted by molar-refractivity contribution is -0.0268. The van der Waals surface area contributed by atoms with Crippen molar-refractivity contribution in [1.82, 2.24) is 0 Å². The average Bonchev–Trinajstić information content (AvgIpc) is 2.49. The largest absolute Gasteiger partial charge is 0.392 e. The summed E-state index contributed by atoms with van der Waals surface area (Å²) in [5, 5.41) is 10.8. The van der Waals surface area contributed by atoms with E-state index in [0.717, 1.165) is 25.9 Å². The van der Waals surface area contributed by atoms with Crippen LogP contribution in [0.3, 0.4) is 0 Å². The minimum atomic E-state index is -0.294. The Morgan fingerprint density at radius 2 is 2.05 bits per heavy atom. The van der Waals surface area contributed by atoms with Crippen molar-refractivity contribution >= 4 is 0 Å². The first-order valence-corrected chi connectivity index (χ1v) is 7.54. The van der Waals surface area contributed by atoms with Crippen LogP contribution in [-0.2, 0) is 4.74 Å². The van der Waals surface area contributed by atoms with Gasteiger partial charge in [-0.15, -0.1) is 0 Å². The van der Waals surface area contributed by atoms with Gasteiger partial charge in [0, 0.05) is 18.4 Å². The molecule has 1 aliphatic heterocycles. The molecule has 106 valence electrons. The van der Waals surface area contributed by atoms with Crippen LogP contribution in [0.2, 0.25) is 0 Å². The van der Waals surface area contributed by atoms with Crippen LogP contribution in [0.25, 0.3) is 0 Å². The van der Waals surface area contributed by atoms with Gasteiger partial charge in [0.05, 0.1) is 12.7 Å². The number of benzene rings is 1. The lowest BCUT2D eigenvalue weighted by Gasteiger charge is -2.35. The molecule has 2 nitrogen and oxygen atoms in total. The standard InChI is InChI=1S/C17H26O2/c1-3-13(2)16(14-8-5-4-6-9-14)17(18)15-10-7-11-19-12-15/h4-6,8-9,13,15-18H,3,7,10-12H2,1-2H3. The van der Waals surface area contributed by atoms with Gasteiger partial charge in [0.1, 0.15) is 0 Å². The van der Waals surface area contributed by atoms with E-state index in [1.807, 2.05) is 6.07 Å². The summed E-state index contributed by atoms with van der Waals surface area (Å²) in [6.07, 6.45) is 2.95. The van der Waals surface area contributed by atoms with Gasteiger partial charge >= 0.3 is 0 Å². The molecule has 2 rings (SSSR count). The third-order valence-electron chi connectivity index (χ3n) is 4.49. The van der Waals surface area contributed by atoms with Gasteiger partial charge in [0.2, 0.25) is 0 Å². The number of rotatable bonds is 5. The second-order valence-corrected chi connectivity index (χ2v) is 5.79. The van der Waals surface area contributed by atoms with E-state index in [9.17, 15) is 5.11 Å². The molecule has 1 heterocycles. The van der Waals surface area contributed by atoms with E-state index >= 15 is 0 Å². The van der Waals surface area contributed by atoms with Gasteiger partial charge in [0.15, 0.2) is 0 Å². The Morgan fingerprint density at radius 1 is 1.32 bits per heavy atom. The molecule has 1 saturated heterocycles. The molecular formula is C17H26O2. The predicted molar refractivity (Wildman–Crippen MR) is 78.2 cm³/mol. The molecule has 0 aliphatic carbocycles. The van der Waals surface area contributed by atoms with E-state index in [1.54, 1.807) is 0 Å². The zero-order valence-corrected chi connectivity index (χ0v) is 12.1. The van der Waals surface area contributed by atoms with Crippen molar-refractivity contribution in [2.45, 2.75) is 45.1 Å². The topological polar surface area (TPSA) is 29.5 Å². The summed E-state index contributed by atoms with van der Waals surface area (Å²) in [5.74, 6) is 0.991. The van der Waals surface area contributed by atoms with Crippen molar-refractivity contribution < 1.29 is 9.84 Å². The summed E-state index contributed by atoms with van der Waals surface area (Å²) in [6, 6.07) is 10.4. The molecule has 1 aromatic rings. The summed E-state index contributed by atoms with van der Waals surface area (Å²) in [7, 11) is 0. The predicted octanol–water partition coefficient (Wildman–Crippen LogP) is 3.60. The van der Waals surface area contributed by atoms with E-state index in [-0.39, 0.29) is 17.9 Å². The van der Waals surface area contributed by atoms with Gasteiger partial charge in [0.25, 0.3) is 0 Å². The lowest BCUT2D eigenvalue weighted by Crippen LogP contribution is -2.36. The first-order chi connectivity index (χ1) is 9.24. The van der Waals surface area contributed by atoms with Gasteiger partial charge < -0.3 is 9.84 Å². The second-order valence-electron chi connectivity index (χ2n) is 5.79. The van der Waals surface area contributed by atoms with Gasteiger partial charge in [-0.3, -0.25) is 0 Å². The first-order valence-electron chi connectivity index (χ1n) is 7.54. The van der Waals surface area contributed by atoms with Crippen LogP contribution < -0.4 is 0 Å². The van der Waals surface area contributed by atoms with E-state index in [1.165, 1.54) is 5.56 Å². The molecule has 1 aliphatic rings. The quantitative estimate of drug-likeness (QED) is 0.878. The first kappa shape index (κ1) is 14.5. The number of ether oxygens (including phenoxy) is 1. The van der Waals surface area contributed by atoms with Crippen LogP contribution in [0, 0.1) is 11.8 Å². The summed E-state index contributed by atoms with van der Waals surface area (Å²) in [4.78, 5) is 0. The summed E-state index contributed by atoms with van der Waals surface area (Å²) < 4.78 is 5.54. The monoisotopic (exact) mass is 262 g/mol. The fraction of sp³-hybridized carbons (Fsp3) is 0.647. The van der Waals surface area contributed by atoms with Crippen molar-refractivity contribution in [3.05, 3.63) is 35.9 Å². The van der Waals surface area contributed by atoms with Crippen LogP contribution in [-0.4, -0.2) is 24.4 Å². The average molecular weight is 262 g/mol. The molecule has 0 saturated carbocycles. The number of hydrogen-bond donors (Lipinski definition) is 1. The van der Waals surface area contributed by atoms with Gasteiger partial charge in [-0.05, 0) is 24.3 Å². The van der Waals surface area contributed by atoms with E-state index in [0.29, 0.717) is 12.5 Å². The normalized spacial score (nSPS) is 24.7. The van der Waals surface area contributed by atoms with Gasteiger partial charge in [-0.1, -0.05) is 50.6 Å². The lowest BCUT2D eigenvalue weighted by atomic mass is 9.76. The maximum absolute atomic E-state index is 10.8. The highest BCUT2D eigenvalue weighted by atomic mass is 16.5. The Labute approximate surface area is 116 Å². The van der Waals surface area contributed by atoms with Crippen molar-refractivity contribution in [1.29, 1.82) is 0 Å². The zero-order chi connectivity index (χ0) is 13.7. The van der Waals surface area contributed by atoms with Crippen LogP contribution in [0.5, 0.6) is 0 Å². The fourth-order valence-electron chi connectivity index (χ4n) is 3.12.